The van der Waals surface area contributed by atoms with Gasteiger partial charge in [0.05, 0.1) is 0 Å². The molecule has 0 saturated heterocycles. The van der Waals surface area contributed by atoms with Crippen molar-refractivity contribution in [2.24, 2.45) is 0 Å². The predicted molar refractivity (Wildman–Crippen MR) is 30.7 cm³/mol. The van der Waals surface area contributed by atoms with Gasteiger partial charge in [-0.3, -0.25) is 0 Å². The van der Waals surface area contributed by atoms with Gasteiger partial charge in [0.25, 0.3) is 0 Å². The fourth-order valence-electron chi connectivity index (χ4n) is 0.329. The molecule has 0 unspecified atom stereocenters. The molecular formula is C6H6O3. The van der Waals surface area contributed by atoms with Crippen LogP contribution in [-0.2, 0) is 14.2 Å². The number of hydrogen-bond donors (Lipinski definition) is 0. The molecule has 0 atom stereocenters. The summed E-state index contributed by atoms with van der Waals surface area (Å²) in [4.78, 5) is 0. The summed E-state index contributed by atoms with van der Waals surface area (Å²) in [5.41, 5.74) is 0. The van der Waals surface area contributed by atoms with Gasteiger partial charge in [-0.15, -0.1) is 0 Å². The molecule has 0 spiro atoms. The standard InChI is InChI=1S/C6H6O3/c1-2-8-5-6-9-4-3-7-1/h1-6H. The summed E-state index contributed by atoms with van der Waals surface area (Å²) in [6.07, 6.45) is 8.39. The molecule has 0 fully saturated rings. The number of ether oxygens (including phenoxy) is 3. The van der Waals surface area contributed by atoms with E-state index in [9.17, 15) is 0 Å². The lowest BCUT2D eigenvalue weighted by atomic mass is 11.0. The first-order valence-electron chi connectivity index (χ1n) is 2.41. The lowest BCUT2D eigenvalue weighted by Gasteiger charge is -1.84. The second-order valence-electron chi connectivity index (χ2n) is 1.22. The van der Waals surface area contributed by atoms with Crippen LogP contribution >= 0.6 is 0 Å². The topological polar surface area (TPSA) is 27.7 Å². The van der Waals surface area contributed by atoms with E-state index < -0.39 is 0 Å². The molecule has 3 heteroatoms. The van der Waals surface area contributed by atoms with Crippen LogP contribution in [0.3, 0.4) is 0 Å². The average Bonchev–Trinajstić information content (AvgIpc) is 2.00. The Bertz CT molecular complexity index is 106. The van der Waals surface area contributed by atoms with Crippen LogP contribution < -0.4 is 0 Å². The van der Waals surface area contributed by atoms with Crippen molar-refractivity contribution in [3.8, 4) is 0 Å². The van der Waals surface area contributed by atoms with E-state index >= 15 is 0 Å². The van der Waals surface area contributed by atoms with Crippen LogP contribution in [0.15, 0.2) is 37.6 Å². The molecule has 0 N–H and O–H groups in total. The molecule has 9 heavy (non-hydrogen) atoms. The summed E-state index contributed by atoms with van der Waals surface area (Å²) in [6.45, 7) is 0. The maximum absolute atomic E-state index is 4.70. The van der Waals surface area contributed by atoms with Crippen molar-refractivity contribution >= 4 is 0 Å². The second-order valence-corrected chi connectivity index (χ2v) is 1.22. The average molecular weight is 126 g/mol. The van der Waals surface area contributed by atoms with Gasteiger partial charge in [-0.05, 0) is 0 Å². The highest BCUT2D eigenvalue weighted by Crippen LogP contribution is 1.89. The smallest absolute Gasteiger partial charge is 0.125 e. The van der Waals surface area contributed by atoms with Crippen molar-refractivity contribution in [3.05, 3.63) is 37.6 Å². The van der Waals surface area contributed by atoms with Gasteiger partial charge >= 0.3 is 0 Å². The Morgan fingerprint density at radius 3 is 0.889 bits per heavy atom. The first-order valence-corrected chi connectivity index (χ1v) is 2.41. The molecule has 1 aliphatic heterocycles. The Balaban J connectivity index is 2.43. The summed E-state index contributed by atoms with van der Waals surface area (Å²) in [7, 11) is 0. The number of hydrogen-bond acceptors (Lipinski definition) is 3. The van der Waals surface area contributed by atoms with Crippen molar-refractivity contribution in [1.29, 1.82) is 0 Å². The zero-order valence-corrected chi connectivity index (χ0v) is 4.69. The fraction of sp³-hybridized carbons (Fsp3) is 0. The quantitative estimate of drug-likeness (QED) is 0.491. The maximum atomic E-state index is 4.70. The third-order valence-electron chi connectivity index (χ3n) is 0.638. The van der Waals surface area contributed by atoms with Gasteiger partial charge in [0, 0.05) is 0 Å². The number of rotatable bonds is 0. The minimum absolute atomic E-state index is 1.40. The van der Waals surface area contributed by atoms with E-state index in [-0.39, 0.29) is 0 Å². The van der Waals surface area contributed by atoms with Gasteiger partial charge in [-0.25, -0.2) is 0 Å². The van der Waals surface area contributed by atoms with Crippen molar-refractivity contribution in [2.75, 3.05) is 0 Å². The molecular weight excluding hydrogens is 120 g/mol. The molecule has 3 nitrogen and oxygen atoms in total. The zero-order chi connectivity index (χ0) is 6.36. The van der Waals surface area contributed by atoms with Crippen LogP contribution in [0.4, 0.5) is 0 Å². The highest BCUT2D eigenvalue weighted by atomic mass is 16.5. The third-order valence-corrected chi connectivity index (χ3v) is 0.638. The molecule has 0 aromatic rings. The normalized spacial score (nSPS) is 16.0. The SMILES string of the molecule is C1=COC=COC=CO1. The first-order chi connectivity index (χ1) is 4.50. The van der Waals surface area contributed by atoms with E-state index in [0.29, 0.717) is 0 Å². The van der Waals surface area contributed by atoms with Crippen molar-refractivity contribution in [3.63, 3.8) is 0 Å². The van der Waals surface area contributed by atoms with Gasteiger partial charge < -0.3 is 14.2 Å². The van der Waals surface area contributed by atoms with Crippen molar-refractivity contribution in [1.82, 2.24) is 0 Å². The van der Waals surface area contributed by atoms with Crippen LogP contribution in [0.5, 0.6) is 0 Å². The predicted octanol–water partition coefficient (Wildman–Crippen LogP) is 1.46. The molecule has 0 saturated carbocycles. The molecule has 0 aromatic heterocycles. The Labute approximate surface area is 52.8 Å². The summed E-state index contributed by atoms with van der Waals surface area (Å²) in [5.74, 6) is 0. The van der Waals surface area contributed by atoms with Gasteiger partial charge in [0.15, 0.2) is 0 Å². The molecule has 0 bridgehead atoms. The minimum Gasteiger partial charge on any atom is -0.466 e. The van der Waals surface area contributed by atoms with Gasteiger partial charge in [-0.1, -0.05) is 0 Å². The first kappa shape index (κ1) is 5.75. The van der Waals surface area contributed by atoms with Crippen LogP contribution in [0, 0.1) is 0 Å². The highest BCUT2D eigenvalue weighted by molar-refractivity contribution is 4.77. The van der Waals surface area contributed by atoms with E-state index in [1.165, 1.54) is 37.6 Å². The van der Waals surface area contributed by atoms with Gasteiger partial charge in [0.1, 0.15) is 37.6 Å². The monoisotopic (exact) mass is 126 g/mol. The van der Waals surface area contributed by atoms with E-state index in [1.807, 2.05) is 0 Å². The van der Waals surface area contributed by atoms with Crippen molar-refractivity contribution < 1.29 is 14.2 Å². The van der Waals surface area contributed by atoms with E-state index in [2.05, 4.69) is 0 Å². The lowest BCUT2D eigenvalue weighted by Crippen LogP contribution is -1.64. The zero-order valence-electron chi connectivity index (χ0n) is 4.69. The second kappa shape index (κ2) is 3.60. The van der Waals surface area contributed by atoms with E-state index in [1.54, 1.807) is 0 Å². The third kappa shape index (κ3) is 2.43. The Kier molecular flexibility index (Phi) is 2.30. The molecule has 1 aliphatic rings. The largest absolute Gasteiger partial charge is 0.466 e. The Hall–Kier alpha value is -1.38. The van der Waals surface area contributed by atoms with E-state index in [0.717, 1.165) is 0 Å². The lowest BCUT2D eigenvalue weighted by molar-refractivity contribution is 0.346. The van der Waals surface area contributed by atoms with Crippen LogP contribution in [0.25, 0.3) is 0 Å². The molecule has 0 radical (unpaired) electrons. The minimum atomic E-state index is 1.40. The Morgan fingerprint density at radius 1 is 0.444 bits per heavy atom. The fourth-order valence-corrected chi connectivity index (χ4v) is 0.329. The summed E-state index contributed by atoms with van der Waals surface area (Å²) >= 11 is 0. The summed E-state index contributed by atoms with van der Waals surface area (Å²) in [5, 5.41) is 0. The maximum Gasteiger partial charge on any atom is 0.125 e. The van der Waals surface area contributed by atoms with Crippen LogP contribution in [0.2, 0.25) is 0 Å². The molecule has 48 valence electrons. The molecule has 0 amide bonds. The molecule has 1 heterocycles. The highest BCUT2D eigenvalue weighted by Gasteiger charge is 1.75. The summed E-state index contributed by atoms with van der Waals surface area (Å²) < 4.78 is 14.1. The molecule has 1 rings (SSSR count). The van der Waals surface area contributed by atoms with Crippen molar-refractivity contribution in [2.45, 2.75) is 0 Å². The van der Waals surface area contributed by atoms with Crippen LogP contribution in [0.1, 0.15) is 0 Å². The molecule has 0 aliphatic carbocycles. The van der Waals surface area contributed by atoms with Crippen LogP contribution in [-0.4, -0.2) is 0 Å². The van der Waals surface area contributed by atoms with Gasteiger partial charge in [0.2, 0.25) is 0 Å². The van der Waals surface area contributed by atoms with E-state index in [4.69, 9.17) is 14.2 Å². The van der Waals surface area contributed by atoms with Gasteiger partial charge in [-0.2, -0.15) is 0 Å². The molecule has 0 aromatic carbocycles. The Morgan fingerprint density at radius 2 is 0.667 bits per heavy atom. The summed E-state index contributed by atoms with van der Waals surface area (Å²) in [6, 6.07) is 0.